The molecule has 8 nitrogen and oxygen atoms in total. The van der Waals surface area contributed by atoms with E-state index in [4.69, 9.17) is 14.2 Å². The second-order valence-corrected chi connectivity index (χ2v) is 11.3. The van der Waals surface area contributed by atoms with Crippen LogP contribution >= 0.6 is 11.8 Å². The van der Waals surface area contributed by atoms with Crippen molar-refractivity contribution in [3.8, 4) is 17.2 Å². The van der Waals surface area contributed by atoms with Crippen molar-refractivity contribution < 1.29 is 27.4 Å². The van der Waals surface area contributed by atoms with E-state index in [1.807, 2.05) is 41.3 Å². The van der Waals surface area contributed by atoms with Gasteiger partial charge in [-0.3, -0.25) is 4.79 Å². The Kier molecular flexibility index (Phi) is 5.50. The number of amides is 1. The molecule has 2 saturated heterocycles. The third kappa shape index (κ3) is 4.16. The number of hydrogen-bond donors (Lipinski definition) is 0. The summed E-state index contributed by atoms with van der Waals surface area (Å²) in [7, 11) is -1.55. The quantitative estimate of drug-likeness (QED) is 0.652. The molecule has 168 valence electrons. The number of sulfone groups is 1. The molecule has 5 rings (SSSR count). The first-order chi connectivity index (χ1) is 15.4. The number of carbonyl (C=O) groups excluding carboxylic acids is 1. The highest BCUT2D eigenvalue weighted by molar-refractivity contribution is 8.15. The van der Waals surface area contributed by atoms with Crippen molar-refractivity contribution in [3.05, 3.63) is 53.6 Å². The van der Waals surface area contributed by atoms with Crippen molar-refractivity contribution in [2.24, 2.45) is 4.99 Å². The molecule has 2 atom stereocenters. The average molecular weight is 475 g/mol. The SMILES string of the molecule is COc1ccccc1CC(=O)N=C1S[C@@H]2CS(=O)(=O)C[C@@H]2N1Cc1ccc2c(c1)OCO2. The molecule has 2 aromatic rings. The van der Waals surface area contributed by atoms with E-state index in [9.17, 15) is 13.2 Å². The monoisotopic (exact) mass is 474 g/mol. The van der Waals surface area contributed by atoms with E-state index in [1.54, 1.807) is 13.2 Å². The fourth-order valence-electron chi connectivity index (χ4n) is 4.21. The van der Waals surface area contributed by atoms with Gasteiger partial charge in [-0.25, -0.2) is 8.42 Å². The van der Waals surface area contributed by atoms with Crippen molar-refractivity contribution in [1.82, 2.24) is 4.90 Å². The lowest BCUT2D eigenvalue weighted by atomic mass is 10.1. The number of benzene rings is 2. The van der Waals surface area contributed by atoms with Crippen LogP contribution in [0, 0.1) is 0 Å². The molecule has 0 bridgehead atoms. The van der Waals surface area contributed by atoms with Gasteiger partial charge in [0.15, 0.2) is 26.5 Å². The molecule has 1 amide bonds. The van der Waals surface area contributed by atoms with Gasteiger partial charge in [0.1, 0.15) is 5.75 Å². The first kappa shape index (κ1) is 21.1. The molecule has 0 aliphatic carbocycles. The van der Waals surface area contributed by atoms with Gasteiger partial charge in [0.05, 0.1) is 31.1 Å². The zero-order valence-electron chi connectivity index (χ0n) is 17.4. The Morgan fingerprint density at radius 1 is 1.19 bits per heavy atom. The molecule has 0 aromatic heterocycles. The highest BCUT2D eigenvalue weighted by Crippen LogP contribution is 2.40. The minimum Gasteiger partial charge on any atom is -0.496 e. The summed E-state index contributed by atoms with van der Waals surface area (Å²) < 4.78 is 40.6. The van der Waals surface area contributed by atoms with Gasteiger partial charge in [-0.1, -0.05) is 36.0 Å². The van der Waals surface area contributed by atoms with Crippen LogP contribution in [0.15, 0.2) is 47.5 Å². The van der Waals surface area contributed by atoms with Gasteiger partial charge in [-0.15, -0.1) is 0 Å². The number of fused-ring (bicyclic) bond motifs is 2. The summed E-state index contributed by atoms with van der Waals surface area (Å²) in [5.41, 5.74) is 1.70. The molecule has 2 fully saturated rings. The number of thioether (sulfide) groups is 1. The molecule has 0 radical (unpaired) electrons. The molecule has 0 saturated carbocycles. The molecule has 10 heteroatoms. The Labute approximate surface area is 190 Å². The van der Waals surface area contributed by atoms with Crippen molar-refractivity contribution in [1.29, 1.82) is 0 Å². The number of hydrogen-bond acceptors (Lipinski definition) is 7. The van der Waals surface area contributed by atoms with Crippen LogP contribution in [0.4, 0.5) is 0 Å². The summed E-state index contributed by atoms with van der Waals surface area (Å²) in [6.45, 7) is 0.618. The maximum absolute atomic E-state index is 12.8. The van der Waals surface area contributed by atoms with Gasteiger partial charge in [0.25, 0.3) is 5.91 Å². The minimum absolute atomic E-state index is 0.0644. The van der Waals surface area contributed by atoms with E-state index < -0.39 is 9.84 Å². The minimum atomic E-state index is -3.11. The van der Waals surface area contributed by atoms with Crippen LogP contribution in [0.2, 0.25) is 0 Å². The van der Waals surface area contributed by atoms with Gasteiger partial charge in [-0.2, -0.15) is 4.99 Å². The Balaban J connectivity index is 1.40. The van der Waals surface area contributed by atoms with Crippen LogP contribution < -0.4 is 14.2 Å². The van der Waals surface area contributed by atoms with Crippen molar-refractivity contribution >= 4 is 32.7 Å². The van der Waals surface area contributed by atoms with Crippen LogP contribution in [0.5, 0.6) is 17.2 Å². The Bertz CT molecular complexity index is 1200. The second-order valence-electron chi connectivity index (χ2n) is 7.89. The van der Waals surface area contributed by atoms with Gasteiger partial charge in [0.2, 0.25) is 6.79 Å². The predicted octanol–water partition coefficient (Wildman–Crippen LogP) is 2.26. The van der Waals surface area contributed by atoms with E-state index >= 15 is 0 Å². The first-order valence-corrected chi connectivity index (χ1v) is 12.9. The van der Waals surface area contributed by atoms with Crippen LogP contribution in [0.25, 0.3) is 0 Å². The third-order valence-electron chi connectivity index (χ3n) is 5.72. The summed E-state index contributed by atoms with van der Waals surface area (Å²) in [4.78, 5) is 19.1. The largest absolute Gasteiger partial charge is 0.496 e. The van der Waals surface area contributed by atoms with E-state index in [0.717, 1.165) is 11.1 Å². The van der Waals surface area contributed by atoms with Crippen LogP contribution in [0.3, 0.4) is 0 Å². The van der Waals surface area contributed by atoms with E-state index in [0.29, 0.717) is 29.0 Å². The maximum Gasteiger partial charge on any atom is 0.252 e. The normalized spacial score (nSPS) is 24.0. The molecule has 3 heterocycles. The Hall–Kier alpha value is -2.72. The molecule has 0 N–H and O–H groups in total. The number of nitrogens with zero attached hydrogens (tertiary/aromatic N) is 2. The number of ether oxygens (including phenoxy) is 3. The highest BCUT2D eigenvalue weighted by Gasteiger charge is 2.48. The number of para-hydroxylation sites is 1. The summed E-state index contributed by atoms with van der Waals surface area (Å²) in [6.07, 6.45) is 0.111. The number of methoxy groups -OCH3 is 1. The average Bonchev–Trinajstić information content (AvgIpc) is 3.42. The van der Waals surface area contributed by atoms with Crippen molar-refractivity contribution in [2.45, 2.75) is 24.3 Å². The first-order valence-electron chi connectivity index (χ1n) is 10.2. The molecule has 32 heavy (non-hydrogen) atoms. The number of rotatable bonds is 5. The lowest BCUT2D eigenvalue weighted by molar-refractivity contribution is -0.117. The van der Waals surface area contributed by atoms with Gasteiger partial charge >= 0.3 is 0 Å². The van der Waals surface area contributed by atoms with E-state index in [-0.39, 0.29) is 41.9 Å². The lowest BCUT2D eigenvalue weighted by Gasteiger charge is -2.24. The molecular formula is C22H22N2O6S2. The highest BCUT2D eigenvalue weighted by atomic mass is 32.2. The topological polar surface area (TPSA) is 94.5 Å². The fraction of sp³-hybridized carbons (Fsp3) is 0.364. The second kappa shape index (κ2) is 8.32. The Morgan fingerprint density at radius 2 is 2.00 bits per heavy atom. The molecule has 2 aromatic carbocycles. The fourth-order valence-corrected chi connectivity index (χ4v) is 8.18. The van der Waals surface area contributed by atoms with Gasteiger partial charge in [-0.05, 0) is 23.8 Å². The molecule has 0 unspecified atom stereocenters. The predicted molar refractivity (Wildman–Crippen MR) is 121 cm³/mol. The molecule has 0 spiro atoms. The maximum atomic E-state index is 12.8. The summed E-state index contributed by atoms with van der Waals surface area (Å²) in [5.74, 6) is 1.85. The zero-order valence-corrected chi connectivity index (χ0v) is 19.0. The van der Waals surface area contributed by atoms with E-state index in [2.05, 4.69) is 4.99 Å². The smallest absolute Gasteiger partial charge is 0.252 e. The van der Waals surface area contributed by atoms with Gasteiger partial charge < -0.3 is 19.1 Å². The van der Waals surface area contributed by atoms with Crippen LogP contribution in [-0.2, 0) is 27.6 Å². The summed E-state index contributed by atoms with van der Waals surface area (Å²) in [6, 6.07) is 12.8. The molecule has 3 aliphatic heterocycles. The van der Waals surface area contributed by atoms with Gasteiger partial charge in [0, 0.05) is 17.4 Å². The van der Waals surface area contributed by atoms with Crippen LogP contribution in [-0.4, -0.2) is 61.1 Å². The number of carbonyl (C=O) groups is 1. The zero-order chi connectivity index (χ0) is 22.3. The molecular weight excluding hydrogens is 452 g/mol. The van der Waals surface area contributed by atoms with Crippen molar-refractivity contribution in [3.63, 3.8) is 0 Å². The summed E-state index contributed by atoms with van der Waals surface area (Å²) in [5, 5.41) is 0.430. The Morgan fingerprint density at radius 3 is 2.84 bits per heavy atom. The molecule has 3 aliphatic rings. The lowest BCUT2D eigenvalue weighted by Crippen LogP contribution is -2.37. The number of amidine groups is 1. The van der Waals surface area contributed by atoms with Crippen molar-refractivity contribution in [2.75, 3.05) is 25.4 Å². The number of aliphatic imine (C=N–C) groups is 1. The third-order valence-corrected chi connectivity index (χ3v) is 8.97. The standard InChI is InChI=1S/C22H22N2O6S2/c1-28-17-5-3-2-4-15(17)9-21(25)23-22-24(16-11-32(26,27)12-20(16)31-22)10-14-6-7-18-19(8-14)30-13-29-18/h2-8,16,20H,9-13H2,1H3/t16-,20+/m0/s1. The summed E-state index contributed by atoms with van der Waals surface area (Å²) >= 11 is 1.37. The van der Waals surface area contributed by atoms with Crippen LogP contribution in [0.1, 0.15) is 11.1 Å². The van der Waals surface area contributed by atoms with E-state index in [1.165, 1.54) is 11.8 Å².